The van der Waals surface area contributed by atoms with Crippen molar-refractivity contribution >= 4 is 11.3 Å². The largest absolute Gasteiger partial charge is 0.361 e. The Bertz CT molecular complexity index is 794. The maximum Gasteiger partial charge on any atom is 0.0538 e. The second-order valence-corrected chi connectivity index (χ2v) is 6.44. The molecule has 1 nitrogen and oxygen atoms in total. The molecule has 0 spiro atoms. The first-order chi connectivity index (χ1) is 11.1. The van der Waals surface area contributed by atoms with E-state index in [2.05, 4.69) is 68.2 Å². The van der Waals surface area contributed by atoms with Crippen LogP contribution in [0.3, 0.4) is 0 Å². The van der Waals surface area contributed by atoms with Crippen LogP contribution in [0.15, 0.2) is 55.3 Å². The molecule has 0 aromatic heterocycles. The van der Waals surface area contributed by atoms with Crippen molar-refractivity contribution in [3.05, 3.63) is 71.9 Å². The molecule has 118 valence electrons. The van der Waals surface area contributed by atoms with Crippen LogP contribution in [0.1, 0.15) is 50.8 Å². The van der Waals surface area contributed by atoms with E-state index in [-0.39, 0.29) is 5.41 Å². The zero-order chi connectivity index (χ0) is 16.6. The molecule has 1 aliphatic heterocycles. The van der Waals surface area contributed by atoms with Crippen molar-refractivity contribution in [1.29, 1.82) is 0 Å². The van der Waals surface area contributed by atoms with Crippen molar-refractivity contribution in [2.24, 2.45) is 0 Å². The molecule has 0 amide bonds. The van der Waals surface area contributed by atoms with Crippen molar-refractivity contribution in [2.45, 2.75) is 39.5 Å². The Morgan fingerprint density at radius 3 is 2.48 bits per heavy atom. The Kier molecular flexibility index (Phi) is 3.89. The summed E-state index contributed by atoms with van der Waals surface area (Å²) in [6.45, 7) is 12.9. The van der Waals surface area contributed by atoms with Crippen LogP contribution in [0.4, 0.5) is 5.69 Å². The SMILES string of the molecule is C=C1CC=CNc2c1ccc1c2-c2ccccc2C1(C)C.CC. The molecule has 0 atom stereocenters. The van der Waals surface area contributed by atoms with E-state index < -0.39 is 0 Å². The number of hydrogen-bond donors (Lipinski definition) is 1. The van der Waals surface area contributed by atoms with Crippen LogP contribution >= 0.6 is 0 Å². The standard InChI is InChI=1S/C20H19N.C2H6/c1-13-7-6-12-21-19-14(13)10-11-17-18(19)15-8-4-5-9-16(15)20(17,2)3;1-2/h4-6,8-12,21H,1,7H2,2-3H3;1-2H3. The van der Waals surface area contributed by atoms with Crippen LogP contribution < -0.4 is 5.32 Å². The van der Waals surface area contributed by atoms with E-state index in [0.717, 1.165) is 6.42 Å². The first-order valence-electron chi connectivity index (χ1n) is 8.48. The van der Waals surface area contributed by atoms with Gasteiger partial charge in [-0.1, -0.05) is 76.7 Å². The molecule has 0 fully saturated rings. The first kappa shape index (κ1) is 15.6. The van der Waals surface area contributed by atoms with Crippen LogP contribution in [0.25, 0.3) is 16.7 Å². The van der Waals surface area contributed by atoms with Crippen LogP contribution in [0.5, 0.6) is 0 Å². The summed E-state index contributed by atoms with van der Waals surface area (Å²) >= 11 is 0. The normalized spacial score (nSPS) is 16.3. The van der Waals surface area contributed by atoms with Crippen molar-refractivity contribution < 1.29 is 0 Å². The fraction of sp³-hybridized carbons (Fsp3) is 0.273. The van der Waals surface area contributed by atoms with Gasteiger partial charge in [-0.3, -0.25) is 0 Å². The third kappa shape index (κ3) is 2.23. The lowest BCUT2D eigenvalue weighted by Crippen LogP contribution is -2.15. The predicted molar refractivity (Wildman–Crippen MR) is 102 cm³/mol. The molecular formula is C22H25N. The Balaban J connectivity index is 0.000000753. The number of anilines is 1. The number of allylic oxidation sites excluding steroid dienone is 2. The van der Waals surface area contributed by atoms with Crippen molar-refractivity contribution in [1.82, 2.24) is 0 Å². The van der Waals surface area contributed by atoms with Gasteiger partial charge in [-0.15, -0.1) is 0 Å². The van der Waals surface area contributed by atoms with E-state index in [1.54, 1.807) is 0 Å². The maximum atomic E-state index is 4.24. The molecule has 1 N–H and O–H groups in total. The van der Waals surface area contributed by atoms with E-state index in [0.29, 0.717) is 0 Å². The number of hydrogen-bond acceptors (Lipinski definition) is 1. The highest BCUT2D eigenvalue weighted by molar-refractivity contribution is 5.96. The quantitative estimate of drug-likeness (QED) is 0.597. The van der Waals surface area contributed by atoms with Gasteiger partial charge in [-0.2, -0.15) is 0 Å². The van der Waals surface area contributed by atoms with Gasteiger partial charge in [0.15, 0.2) is 0 Å². The Labute approximate surface area is 139 Å². The van der Waals surface area contributed by atoms with E-state index in [4.69, 9.17) is 0 Å². The average molecular weight is 303 g/mol. The molecular weight excluding hydrogens is 278 g/mol. The lowest BCUT2D eigenvalue weighted by Gasteiger charge is -2.22. The highest BCUT2D eigenvalue weighted by Crippen LogP contribution is 2.53. The molecule has 4 rings (SSSR count). The second kappa shape index (κ2) is 5.73. The van der Waals surface area contributed by atoms with E-state index >= 15 is 0 Å². The van der Waals surface area contributed by atoms with E-state index in [1.807, 2.05) is 20.0 Å². The molecule has 1 heterocycles. The fourth-order valence-corrected chi connectivity index (χ4v) is 3.69. The van der Waals surface area contributed by atoms with Gasteiger partial charge in [0.25, 0.3) is 0 Å². The highest BCUT2D eigenvalue weighted by Gasteiger charge is 2.37. The summed E-state index contributed by atoms with van der Waals surface area (Å²) in [6, 6.07) is 13.3. The number of rotatable bonds is 0. The third-order valence-electron chi connectivity index (χ3n) is 4.84. The number of nitrogens with one attached hydrogen (secondary N) is 1. The van der Waals surface area contributed by atoms with Gasteiger partial charge in [0.05, 0.1) is 5.69 Å². The monoisotopic (exact) mass is 303 g/mol. The van der Waals surface area contributed by atoms with Gasteiger partial charge >= 0.3 is 0 Å². The van der Waals surface area contributed by atoms with Crippen LogP contribution in [-0.4, -0.2) is 0 Å². The van der Waals surface area contributed by atoms with Gasteiger partial charge in [0, 0.05) is 16.5 Å². The topological polar surface area (TPSA) is 12.0 Å². The molecule has 23 heavy (non-hydrogen) atoms. The minimum absolute atomic E-state index is 0.0555. The smallest absolute Gasteiger partial charge is 0.0538 e. The predicted octanol–water partition coefficient (Wildman–Crippen LogP) is 6.36. The molecule has 2 aliphatic rings. The zero-order valence-corrected chi connectivity index (χ0v) is 14.5. The minimum Gasteiger partial charge on any atom is -0.361 e. The second-order valence-electron chi connectivity index (χ2n) is 6.44. The highest BCUT2D eigenvalue weighted by atomic mass is 14.9. The summed E-state index contributed by atoms with van der Waals surface area (Å²) in [5.74, 6) is 0. The molecule has 2 aromatic rings. The van der Waals surface area contributed by atoms with Gasteiger partial charge in [0.2, 0.25) is 0 Å². The summed E-state index contributed by atoms with van der Waals surface area (Å²) < 4.78 is 0. The Morgan fingerprint density at radius 2 is 1.70 bits per heavy atom. The summed E-state index contributed by atoms with van der Waals surface area (Å²) in [5.41, 5.74) is 9.20. The lowest BCUT2D eigenvalue weighted by molar-refractivity contribution is 0.660. The lowest BCUT2D eigenvalue weighted by atomic mass is 9.82. The molecule has 0 unspecified atom stereocenters. The maximum absolute atomic E-state index is 4.24. The molecule has 1 heteroatoms. The first-order valence-corrected chi connectivity index (χ1v) is 8.48. The summed E-state index contributed by atoms with van der Waals surface area (Å²) in [4.78, 5) is 0. The van der Waals surface area contributed by atoms with Gasteiger partial charge in [0.1, 0.15) is 0 Å². The third-order valence-corrected chi connectivity index (χ3v) is 4.84. The van der Waals surface area contributed by atoms with Gasteiger partial charge in [-0.05, 0) is 34.9 Å². The van der Waals surface area contributed by atoms with E-state index in [9.17, 15) is 0 Å². The van der Waals surface area contributed by atoms with Crippen molar-refractivity contribution in [3.8, 4) is 11.1 Å². The Morgan fingerprint density at radius 1 is 0.957 bits per heavy atom. The van der Waals surface area contributed by atoms with Gasteiger partial charge < -0.3 is 5.32 Å². The number of benzene rings is 2. The van der Waals surface area contributed by atoms with Crippen LogP contribution in [0.2, 0.25) is 0 Å². The molecule has 0 saturated carbocycles. The zero-order valence-electron chi connectivity index (χ0n) is 14.5. The fourth-order valence-electron chi connectivity index (χ4n) is 3.69. The number of fused-ring (bicyclic) bond motifs is 5. The summed E-state index contributed by atoms with van der Waals surface area (Å²) in [7, 11) is 0. The van der Waals surface area contributed by atoms with Gasteiger partial charge in [-0.25, -0.2) is 0 Å². The van der Waals surface area contributed by atoms with Crippen molar-refractivity contribution in [3.63, 3.8) is 0 Å². The minimum atomic E-state index is 0.0555. The average Bonchev–Trinajstić information content (AvgIpc) is 2.70. The Hall–Kier alpha value is -2.28. The van der Waals surface area contributed by atoms with E-state index in [1.165, 1.54) is 39.1 Å². The molecule has 1 aliphatic carbocycles. The van der Waals surface area contributed by atoms with Crippen molar-refractivity contribution in [2.75, 3.05) is 5.32 Å². The van der Waals surface area contributed by atoms with Crippen LogP contribution in [0, 0.1) is 0 Å². The molecule has 0 radical (unpaired) electrons. The molecule has 0 saturated heterocycles. The summed E-state index contributed by atoms with van der Waals surface area (Å²) in [6.07, 6.45) is 5.09. The summed E-state index contributed by atoms with van der Waals surface area (Å²) in [5, 5.41) is 3.49. The molecule has 0 bridgehead atoms. The molecule has 2 aromatic carbocycles. The van der Waals surface area contributed by atoms with Crippen LogP contribution in [-0.2, 0) is 5.41 Å².